The van der Waals surface area contributed by atoms with Gasteiger partial charge in [-0.1, -0.05) is 18.5 Å². The minimum Gasteiger partial charge on any atom is -0.493 e. The highest BCUT2D eigenvalue weighted by Crippen LogP contribution is 2.37. The van der Waals surface area contributed by atoms with Crippen molar-refractivity contribution in [2.75, 3.05) is 52.7 Å². The molecule has 1 fully saturated rings. The van der Waals surface area contributed by atoms with E-state index in [1.54, 1.807) is 19.2 Å². The fourth-order valence-corrected chi connectivity index (χ4v) is 4.84. The van der Waals surface area contributed by atoms with Crippen LogP contribution in [0, 0.1) is 17.6 Å². The third-order valence-corrected chi connectivity index (χ3v) is 6.63. The molecule has 0 aliphatic carbocycles. The zero-order valence-corrected chi connectivity index (χ0v) is 21.8. The number of anilines is 2. The number of fused-ring (bicyclic) bond motifs is 1. The van der Waals surface area contributed by atoms with Crippen LogP contribution in [0.5, 0.6) is 11.5 Å². The molecule has 1 unspecified atom stereocenters. The van der Waals surface area contributed by atoms with Crippen LogP contribution in [0.2, 0.25) is 5.02 Å². The second-order valence-electron chi connectivity index (χ2n) is 9.58. The number of likely N-dealkylation sites (tertiary alicyclic amines) is 1. The van der Waals surface area contributed by atoms with E-state index in [1.165, 1.54) is 12.4 Å². The first kappa shape index (κ1) is 26.3. The van der Waals surface area contributed by atoms with E-state index in [2.05, 4.69) is 46.1 Å². The van der Waals surface area contributed by atoms with Crippen LogP contribution in [0.25, 0.3) is 10.9 Å². The van der Waals surface area contributed by atoms with Crippen LogP contribution in [0.1, 0.15) is 19.8 Å². The molecule has 36 heavy (non-hydrogen) atoms. The SMILES string of the molecule is COc1cc2ncnc(Nc3ccc(F)c(Cl)c3F)c2cc1OC1CCN(CC(C)CN(C)C)CC1. The van der Waals surface area contributed by atoms with Gasteiger partial charge in [0, 0.05) is 37.6 Å². The molecule has 194 valence electrons. The molecule has 2 aromatic carbocycles. The lowest BCUT2D eigenvalue weighted by molar-refractivity contribution is 0.0877. The van der Waals surface area contributed by atoms with Gasteiger partial charge in [0.05, 0.1) is 18.3 Å². The zero-order valence-electron chi connectivity index (χ0n) is 21.0. The molecule has 0 saturated carbocycles. The maximum absolute atomic E-state index is 14.5. The van der Waals surface area contributed by atoms with Crippen LogP contribution >= 0.6 is 11.6 Å². The number of methoxy groups -OCH3 is 1. The van der Waals surface area contributed by atoms with Crippen molar-refractivity contribution < 1.29 is 18.3 Å². The molecule has 0 spiro atoms. The van der Waals surface area contributed by atoms with E-state index < -0.39 is 16.7 Å². The van der Waals surface area contributed by atoms with Crippen LogP contribution in [-0.2, 0) is 0 Å². The van der Waals surface area contributed by atoms with Gasteiger partial charge in [-0.3, -0.25) is 0 Å². The first-order valence-electron chi connectivity index (χ1n) is 12.0. The van der Waals surface area contributed by atoms with Crippen molar-refractivity contribution in [3.8, 4) is 11.5 Å². The summed E-state index contributed by atoms with van der Waals surface area (Å²) in [5.41, 5.74) is 0.602. The third kappa shape index (κ3) is 6.14. The van der Waals surface area contributed by atoms with Gasteiger partial charge >= 0.3 is 0 Å². The number of ether oxygens (including phenoxy) is 2. The first-order chi connectivity index (χ1) is 17.2. The Labute approximate surface area is 215 Å². The van der Waals surface area contributed by atoms with Crippen LogP contribution in [0.3, 0.4) is 0 Å². The first-order valence-corrected chi connectivity index (χ1v) is 12.4. The summed E-state index contributed by atoms with van der Waals surface area (Å²) in [6, 6.07) is 5.94. The van der Waals surface area contributed by atoms with Gasteiger partial charge in [-0.05, 0) is 51.1 Å². The maximum atomic E-state index is 14.5. The Morgan fingerprint density at radius 1 is 1.17 bits per heavy atom. The standard InChI is InChI=1S/C26H32ClF2N5O2/c1-16(13-33(2)3)14-34-9-7-17(8-10-34)36-23-11-18-21(12-22(23)35-4)30-15-31-26(18)32-20-6-5-19(28)24(27)25(20)29/h5-6,11-12,15-17H,7-10,13-14H2,1-4H3,(H,30,31,32). The predicted octanol–water partition coefficient (Wildman–Crippen LogP) is 5.35. The highest BCUT2D eigenvalue weighted by atomic mass is 35.5. The van der Waals surface area contributed by atoms with Crippen LogP contribution in [-0.4, -0.2) is 73.3 Å². The number of aromatic nitrogens is 2. The lowest BCUT2D eigenvalue weighted by Crippen LogP contribution is -2.41. The Morgan fingerprint density at radius 2 is 1.92 bits per heavy atom. The quantitative estimate of drug-likeness (QED) is 0.382. The van der Waals surface area contributed by atoms with Gasteiger partial charge in [-0.25, -0.2) is 18.7 Å². The molecular weight excluding hydrogens is 488 g/mol. The average Bonchev–Trinajstić information content (AvgIpc) is 2.85. The average molecular weight is 520 g/mol. The highest BCUT2D eigenvalue weighted by Gasteiger charge is 2.24. The summed E-state index contributed by atoms with van der Waals surface area (Å²) in [7, 11) is 5.79. The van der Waals surface area contributed by atoms with E-state index in [0.29, 0.717) is 34.1 Å². The number of benzene rings is 2. The number of halogens is 3. The number of rotatable bonds is 9. The van der Waals surface area contributed by atoms with Gasteiger partial charge in [0.25, 0.3) is 0 Å². The molecular formula is C26H32ClF2N5O2. The van der Waals surface area contributed by atoms with E-state index in [9.17, 15) is 8.78 Å². The van der Waals surface area contributed by atoms with Crippen molar-refractivity contribution in [2.24, 2.45) is 5.92 Å². The summed E-state index contributed by atoms with van der Waals surface area (Å²) in [5.74, 6) is 0.361. The Balaban J connectivity index is 1.51. The van der Waals surface area contributed by atoms with Crippen molar-refractivity contribution in [3.63, 3.8) is 0 Å². The van der Waals surface area contributed by atoms with Crippen molar-refractivity contribution in [2.45, 2.75) is 25.9 Å². The summed E-state index contributed by atoms with van der Waals surface area (Å²) < 4.78 is 40.0. The molecule has 1 aromatic heterocycles. The van der Waals surface area contributed by atoms with E-state index in [-0.39, 0.29) is 11.8 Å². The lowest BCUT2D eigenvalue weighted by Gasteiger charge is -2.34. The number of piperidine rings is 1. The molecule has 0 radical (unpaired) electrons. The van der Waals surface area contributed by atoms with Crippen molar-refractivity contribution in [1.82, 2.24) is 19.8 Å². The molecule has 1 atom stereocenters. The minimum absolute atomic E-state index is 0.00977. The van der Waals surface area contributed by atoms with E-state index in [0.717, 1.165) is 45.1 Å². The van der Waals surface area contributed by atoms with Crippen molar-refractivity contribution >= 4 is 34.0 Å². The molecule has 10 heteroatoms. The largest absolute Gasteiger partial charge is 0.493 e. The third-order valence-electron chi connectivity index (χ3n) is 6.28. The van der Waals surface area contributed by atoms with Crippen molar-refractivity contribution in [1.29, 1.82) is 0 Å². The summed E-state index contributed by atoms with van der Waals surface area (Å²) in [4.78, 5) is 13.3. The number of nitrogens with one attached hydrogen (secondary N) is 1. The molecule has 7 nitrogen and oxygen atoms in total. The van der Waals surface area contributed by atoms with Crippen LogP contribution < -0.4 is 14.8 Å². The smallest absolute Gasteiger partial charge is 0.168 e. The van der Waals surface area contributed by atoms with Gasteiger partial charge in [-0.15, -0.1) is 0 Å². The molecule has 1 N–H and O–H groups in total. The van der Waals surface area contributed by atoms with Crippen LogP contribution in [0.4, 0.5) is 20.3 Å². The zero-order chi connectivity index (χ0) is 25.8. The van der Waals surface area contributed by atoms with E-state index >= 15 is 0 Å². The molecule has 1 saturated heterocycles. The minimum atomic E-state index is -0.889. The molecule has 1 aliphatic rings. The van der Waals surface area contributed by atoms with Gasteiger partial charge in [0.1, 0.15) is 29.1 Å². The van der Waals surface area contributed by atoms with Gasteiger partial charge in [-0.2, -0.15) is 0 Å². The Hall–Kier alpha value is -2.75. The lowest BCUT2D eigenvalue weighted by atomic mass is 10.0. The van der Waals surface area contributed by atoms with E-state index in [1.807, 2.05) is 0 Å². The summed E-state index contributed by atoms with van der Waals surface area (Å²) >= 11 is 5.74. The molecule has 0 bridgehead atoms. The molecule has 3 aromatic rings. The Bertz CT molecular complexity index is 1200. The van der Waals surface area contributed by atoms with Gasteiger partial charge in [0.2, 0.25) is 0 Å². The number of nitrogens with zero attached hydrogens (tertiary/aromatic N) is 4. The molecule has 2 heterocycles. The van der Waals surface area contributed by atoms with Crippen molar-refractivity contribution in [3.05, 3.63) is 47.2 Å². The number of hydrogen-bond acceptors (Lipinski definition) is 7. The van der Waals surface area contributed by atoms with Gasteiger partial charge in [0.15, 0.2) is 17.3 Å². The van der Waals surface area contributed by atoms with Gasteiger partial charge < -0.3 is 24.6 Å². The summed E-state index contributed by atoms with van der Waals surface area (Å²) in [5, 5.41) is 2.94. The number of hydrogen-bond donors (Lipinski definition) is 1. The Morgan fingerprint density at radius 3 is 2.61 bits per heavy atom. The monoisotopic (exact) mass is 519 g/mol. The highest BCUT2D eigenvalue weighted by molar-refractivity contribution is 6.31. The Kier molecular flexibility index (Phi) is 8.43. The second-order valence-corrected chi connectivity index (χ2v) is 9.95. The summed E-state index contributed by atoms with van der Waals surface area (Å²) in [6.45, 7) is 6.36. The molecule has 0 amide bonds. The normalized spacial score (nSPS) is 15.9. The predicted molar refractivity (Wildman–Crippen MR) is 139 cm³/mol. The van der Waals surface area contributed by atoms with E-state index in [4.69, 9.17) is 21.1 Å². The molecule has 4 rings (SSSR count). The molecule has 1 aliphatic heterocycles. The fraction of sp³-hybridized carbons (Fsp3) is 0.462. The summed E-state index contributed by atoms with van der Waals surface area (Å²) in [6.07, 6.45) is 3.23. The maximum Gasteiger partial charge on any atom is 0.168 e. The van der Waals surface area contributed by atoms with Crippen LogP contribution in [0.15, 0.2) is 30.6 Å². The second kappa shape index (κ2) is 11.5. The fourth-order valence-electron chi connectivity index (χ4n) is 4.68. The topological polar surface area (TPSA) is 62.8 Å².